The third-order valence-corrected chi connectivity index (χ3v) is 4.85. The Bertz CT molecular complexity index is 719. The summed E-state index contributed by atoms with van der Waals surface area (Å²) in [5.41, 5.74) is -0.705. The van der Waals surface area contributed by atoms with Gasteiger partial charge in [0, 0.05) is 10.6 Å². The normalized spacial score (nSPS) is 13.3. The molecular formula is C21H31FN2O5S. The Kier molecular flexibility index (Phi) is 10.1. The van der Waals surface area contributed by atoms with Gasteiger partial charge < -0.3 is 20.1 Å². The van der Waals surface area contributed by atoms with Gasteiger partial charge in [0.25, 0.3) is 0 Å². The van der Waals surface area contributed by atoms with Gasteiger partial charge in [-0.2, -0.15) is 0 Å². The van der Waals surface area contributed by atoms with Crippen LogP contribution in [-0.4, -0.2) is 48.5 Å². The second kappa shape index (κ2) is 11.8. The summed E-state index contributed by atoms with van der Waals surface area (Å²) in [7, 11) is 1.23. The molecule has 0 heterocycles. The smallest absolute Gasteiger partial charge is 0.408 e. The number of esters is 1. The van der Waals surface area contributed by atoms with Crippen LogP contribution < -0.4 is 10.6 Å². The van der Waals surface area contributed by atoms with Crippen LogP contribution in [0.15, 0.2) is 29.2 Å². The van der Waals surface area contributed by atoms with Crippen LogP contribution in [0.2, 0.25) is 0 Å². The Hall–Kier alpha value is -2.29. The average molecular weight is 443 g/mol. The maximum atomic E-state index is 13.1. The number of rotatable bonds is 9. The molecule has 0 aliphatic rings. The molecule has 1 rings (SSSR count). The van der Waals surface area contributed by atoms with Crippen molar-refractivity contribution in [3.8, 4) is 0 Å². The second-order valence-corrected chi connectivity index (χ2v) is 9.27. The van der Waals surface area contributed by atoms with Gasteiger partial charge in [-0.15, -0.1) is 11.8 Å². The van der Waals surface area contributed by atoms with E-state index in [0.717, 1.165) is 4.90 Å². The lowest BCUT2D eigenvalue weighted by atomic mass is 10.0. The lowest BCUT2D eigenvalue weighted by Crippen LogP contribution is -2.53. The zero-order valence-corrected chi connectivity index (χ0v) is 19.1. The molecule has 0 bridgehead atoms. The number of hydrogen-bond donors (Lipinski definition) is 2. The van der Waals surface area contributed by atoms with Crippen molar-refractivity contribution in [2.24, 2.45) is 5.92 Å². The Morgan fingerprint density at radius 1 is 1.07 bits per heavy atom. The highest BCUT2D eigenvalue weighted by Crippen LogP contribution is 2.19. The van der Waals surface area contributed by atoms with Crippen LogP contribution in [-0.2, 0) is 19.1 Å². The summed E-state index contributed by atoms with van der Waals surface area (Å²) in [6, 6.07) is 3.99. The van der Waals surface area contributed by atoms with E-state index in [4.69, 9.17) is 9.47 Å². The Morgan fingerprint density at radius 3 is 2.17 bits per heavy atom. The fourth-order valence-corrected chi connectivity index (χ4v) is 3.35. The minimum absolute atomic E-state index is 0.112. The molecule has 30 heavy (non-hydrogen) atoms. The monoisotopic (exact) mass is 442 g/mol. The first-order valence-corrected chi connectivity index (χ1v) is 10.7. The molecule has 0 aliphatic heterocycles. The molecule has 7 nitrogen and oxygen atoms in total. The Labute approximate surface area is 181 Å². The summed E-state index contributed by atoms with van der Waals surface area (Å²) >= 11 is 1.28. The summed E-state index contributed by atoms with van der Waals surface area (Å²) < 4.78 is 23.1. The third-order valence-electron chi connectivity index (χ3n) is 3.75. The van der Waals surface area contributed by atoms with Gasteiger partial charge in [-0.05, 0) is 57.4 Å². The predicted octanol–water partition coefficient (Wildman–Crippen LogP) is 3.52. The van der Waals surface area contributed by atoms with Crippen LogP contribution in [0.4, 0.5) is 9.18 Å². The summed E-state index contributed by atoms with van der Waals surface area (Å²) in [5.74, 6) is -1.18. The van der Waals surface area contributed by atoms with Crippen LogP contribution in [0.5, 0.6) is 0 Å². The number of nitrogens with one attached hydrogen (secondary N) is 2. The van der Waals surface area contributed by atoms with Gasteiger partial charge in [0.1, 0.15) is 23.5 Å². The van der Waals surface area contributed by atoms with Crippen LogP contribution in [0.3, 0.4) is 0 Å². The van der Waals surface area contributed by atoms with E-state index >= 15 is 0 Å². The van der Waals surface area contributed by atoms with Gasteiger partial charge in [-0.1, -0.05) is 13.8 Å². The molecule has 0 aromatic heterocycles. The van der Waals surface area contributed by atoms with Crippen molar-refractivity contribution in [1.82, 2.24) is 10.6 Å². The molecule has 9 heteroatoms. The molecule has 1 aromatic carbocycles. The Morgan fingerprint density at radius 2 is 1.67 bits per heavy atom. The minimum atomic E-state index is -0.937. The van der Waals surface area contributed by atoms with Gasteiger partial charge in [-0.3, -0.25) is 4.79 Å². The highest BCUT2D eigenvalue weighted by molar-refractivity contribution is 7.99. The van der Waals surface area contributed by atoms with Crippen molar-refractivity contribution >= 4 is 29.7 Å². The van der Waals surface area contributed by atoms with Gasteiger partial charge in [-0.25, -0.2) is 14.0 Å². The van der Waals surface area contributed by atoms with Crippen molar-refractivity contribution < 1.29 is 28.2 Å². The molecule has 168 valence electrons. The number of hydrogen-bond acceptors (Lipinski definition) is 6. The second-order valence-electron chi connectivity index (χ2n) is 8.18. The number of ether oxygens (including phenoxy) is 2. The number of thioether (sulfide) groups is 1. The number of alkyl carbamates (subject to hydrolysis) is 1. The minimum Gasteiger partial charge on any atom is -0.467 e. The van der Waals surface area contributed by atoms with E-state index in [1.54, 1.807) is 32.9 Å². The highest BCUT2D eigenvalue weighted by atomic mass is 32.2. The first-order chi connectivity index (χ1) is 13.9. The van der Waals surface area contributed by atoms with Crippen molar-refractivity contribution in [3.05, 3.63) is 30.1 Å². The summed E-state index contributed by atoms with van der Waals surface area (Å²) in [6.07, 6.45) is -0.344. The molecule has 2 N–H and O–H groups in total. The lowest BCUT2D eigenvalue weighted by molar-refractivity contribution is -0.144. The van der Waals surface area contributed by atoms with Crippen LogP contribution in [0.1, 0.15) is 41.0 Å². The fraction of sp³-hybridized carbons (Fsp3) is 0.571. The number of methoxy groups -OCH3 is 1. The molecule has 1 aromatic rings. The van der Waals surface area contributed by atoms with Gasteiger partial charge in [0.2, 0.25) is 5.91 Å². The molecule has 0 radical (unpaired) electrons. The first-order valence-electron chi connectivity index (χ1n) is 9.67. The molecule has 2 atom stereocenters. The third kappa shape index (κ3) is 9.96. The van der Waals surface area contributed by atoms with E-state index in [-0.39, 0.29) is 17.5 Å². The van der Waals surface area contributed by atoms with Gasteiger partial charge in [0.05, 0.1) is 7.11 Å². The fourth-order valence-electron chi connectivity index (χ4n) is 2.45. The van der Waals surface area contributed by atoms with E-state index in [1.165, 1.54) is 31.0 Å². The first kappa shape index (κ1) is 25.7. The summed E-state index contributed by atoms with van der Waals surface area (Å²) in [5, 5.41) is 5.22. The zero-order chi connectivity index (χ0) is 22.9. The number of halogens is 1. The maximum Gasteiger partial charge on any atom is 0.408 e. The van der Waals surface area contributed by atoms with E-state index in [0.29, 0.717) is 6.42 Å². The van der Waals surface area contributed by atoms with Crippen molar-refractivity contribution in [3.63, 3.8) is 0 Å². The molecule has 0 spiro atoms. The molecular weight excluding hydrogens is 411 g/mol. The standard InChI is InChI=1S/C21H31FN2O5S/c1-13(2)11-16(24-20(27)29-21(3,4)5)18(25)23-17(19(26)28-6)12-30-15-9-7-14(22)8-10-15/h7-10,13,16-17H,11-12H2,1-6H3,(H,23,25)(H,24,27)/t16-,17-/m0/s1. The summed E-state index contributed by atoms with van der Waals surface area (Å²) in [6.45, 7) is 9.01. The molecule has 0 saturated heterocycles. The van der Waals surface area contributed by atoms with Crippen LogP contribution in [0.25, 0.3) is 0 Å². The molecule has 0 fully saturated rings. The molecule has 0 saturated carbocycles. The van der Waals surface area contributed by atoms with Gasteiger partial charge >= 0.3 is 12.1 Å². The maximum absolute atomic E-state index is 13.1. The molecule has 0 unspecified atom stereocenters. The predicted molar refractivity (Wildman–Crippen MR) is 114 cm³/mol. The van der Waals surface area contributed by atoms with Gasteiger partial charge in [0.15, 0.2) is 0 Å². The van der Waals surface area contributed by atoms with Crippen molar-refractivity contribution in [2.45, 2.75) is 63.6 Å². The lowest BCUT2D eigenvalue weighted by Gasteiger charge is -2.25. The SMILES string of the molecule is COC(=O)[C@H](CSc1ccc(F)cc1)NC(=O)[C@H](CC(C)C)NC(=O)OC(C)(C)C. The Balaban J connectivity index is 2.83. The van der Waals surface area contributed by atoms with Crippen LogP contribution in [0, 0.1) is 11.7 Å². The largest absolute Gasteiger partial charge is 0.467 e. The van der Waals surface area contributed by atoms with Crippen molar-refractivity contribution in [2.75, 3.05) is 12.9 Å². The van der Waals surface area contributed by atoms with E-state index in [2.05, 4.69) is 10.6 Å². The summed E-state index contributed by atoms with van der Waals surface area (Å²) in [4.78, 5) is 37.8. The molecule has 0 aliphatic carbocycles. The number of amides is 2. The number of carbonyl (C=O) groups excluding carboxylic acids is 3. The number of carbonyl (C=O) groups is 3. The zero-order valence-electron chi connectivity index (χ0n) is 18.3. The molecule has 2 amide bonds. The topological polar surface area (TPSA) is 93.7 Å². The van der Waals surface area contributed by atoms with E-state index in [1.807, 2.05) is 13.8 Å². The quantitative estimate of drug-likeness (QED) is 0.449. The average Bonchev–Trinajstić information content (AvgIpc) is 2.63. The van der Waals surface area contributed by atoms with Crippen LogP contribution >= 0.6 is 11.8 Å². The van der Waals surface area contributed by atoms with Crippen molar-refractivity contribution in [1.29, 1.82) is 0 Å². The van der Waals surface area contributed by atoms with E-state index in [9.17, 15) is 18.8 Å². The highest BCUT2D eigenvalue weighted by Gasteiger charge is 2.29. The number of benzene rings is 1. The van der Waals surface area contributed by atoms with E-state index < -0.39 is 35.7 Å².